The van der Waals surface area contributed by atoms with E-state index in [9.17, 15) is 9.59 Å². The number of aryl methyl sites for hydroxylation is 1. The van der Waals surface area contributed by atoms with Gasteiger partial charge in [0.15, 0.2) is 0 Å². The van der Waals surface area contributed by atoms with Crippen LogP contribution in [0.3, 0.4) is 0 Å². The Morgan fingerprint density at radius 2 is 2.00 bits per heavy atom. The molecule has 0 bridgehead atoms. The smallest absolute Gasteiger partial charge is 0.268 e. The molecule has 1 aromatic carbocycles. The summed E-state index contributed by atoms with van der Waals surface area (Å²) in [5.74, 6) is -0.206. The first kappa shape index (κ1) is 12.2. The number of H-pyrrole nitrogens is 1. The van der Waals surface area contributed by atoms with Gasteiger partial charge in [0.2, 0.25) is 0 Å². The van der Waals surface area contributed by atoms with E-state index in [1.807, 2.05) is 6.07 Å². The molecule has 18 heavy (non-hydrogen) atoms. The van der Waals surface area contributed by atoms with Gasteiger partial charge in [-0.05, 0) is 26.0 Å². The molecule has 0 spiro atoms. The van der Waals surface area contributed by atoms with Crippen LogP contribution in [0.5, 0.6) is 0 Å². The van der Waals surface area contributed by atoms with Gasteiger partial charge in [-0.15, -0.1) is 0 Å². The molecule has 0 radical (unpaired) electrons. The molecule has 2 rings (SSSR count). The van der Waals surface area contributed by atoms with Crippen LogP contribution in [-0.2, 0) is 0 Å². The first-order chi connectivity index (χ1) is 8.58. The number of carbonyl (C=O) groups excluding carboxylic acids is 1. The van der Waals surface area contributed by atoms with Gasteiger partial charge < -0.3 is 5.32 Å². The fraction of sp³-hybridized carbons (Fsp3) is 0.231. The lowest BCUT2D eigenvalue weighted by molar-refractivity contribution is 0.0920. The van der Waals surface area contributed by atoms with Crippen LogP contribution in [0, 0.1) is 6.92 Å². The molecular formula is C13H15N3O2. The van der Waals surface area contributed by atoms with Gasteiger partial charge >= 0.3 is 0 Å². The summed E-state index contributed by atoms with van der Waals surface area (Å²) >= 11 is 0. The molecule has 0 saturated carbocycles. The Balaban J connectivity index is 2.13. The molecule has 1 amide bonds. The van der Waals surface area contributed by atoms with Crippen LogP contribution in [-0.4, -0.2) is 15.7 Å². The van der Waals surface area contributed by atoms with Gasteiger partial charge in [0, 0.05) is 17.3 Å². The van der Waals surface area contributed by atoms with Gasteiger partial charge in [-0.2, -0.15) is 0 Å². The maximum atomic E-state index is 11.9. The van der Waals surface area contributed by atoms with E-state index in [4.69, 9.17) is 0 Å². The van der Waals surface area contributed by atoms with Crippen LogP contribution in [0.1, 0.15) is 29.1 Å². The van der Waals surface area contributed by atoms with Gasteiger partial charge in [0.25, 0.3) is 11.5 Å². The second-order valence-electron chi connectivity index (χ2n) is 4.16. The van der Waals surface area contributed by atoms with Crippen molar-refractivity contribution in [2.45, 2.75) is 20.0 Å². The van der Waals surface area contributed by atoms with E-state index < -0.39 is 6.17 Å². The first-order valence-corrected chi connectivity index (χ1v) is 5.72. The highest BCUT2D eigenvalue weighted by atomic mass is 16.2. The zero-order chi connectivity index (χ0) is 13.1. The van der Waals surface area contributed by atoms with Crippen LogP contribution >= 0.6 is 0 Å². The van der Waals surface area contributed by atoms with Crippen LogP contribution < -0.4 is 10.9 Å². The lowest BCUT2D eigenvalue weighted by Gasteiger charge is -2.14. The molecule has 2 N–H and O–H groups in total. The molecule has 1 unspecified atom stereocenters. The molecule has 0 fully saturated rings. The summed E-state index contributed by atoms with van der Waals surface area (Å²) in [6, 6.07) is 10.4. The lowest BCUT2D eigenvalue weighted by Crippen LogP contribution is -2.35. The molecule has 5 heteroatoms. The molecule has 0 saturated heterocycles. The highest BCUT2D eigenvalue weighted by molar-refractivity contribution is 5.94. The Morgan fingerprint density at radius 3 is 2.56 bits per heavy atom. The molecule has 1 aromatic heterocycles. The maximum Gasteiger partial charge on any atom is 0.268 e. The lowest BCUT2D eigenvalue weighted by atomic mass is 10.2. The summed E-state index contributed by atoms with van der Waals surface area (Å²) in [7, 11) is 0. The van der Waals surface area contributed by atoms with Crippen molar-refractivity contribution in [1.82, 2.24) is 15.1 Å². The molecule has 2 aromatic rings. The standard InChI is InChI=1S/C13H15N3O2/c1-9-8-12(17)16(15-9)10(2)14-13(18)11-6-4-3-5-7-11/h3-8,10,15H,1-2H3,(H,14,18). The van der Waals surface area contributed by atoms with Gasteiger partial charge in [0.05, 0.1) is 0 Å². The van der Waals surface area contributed by atoms with Crippen molar-refractivity contribution in [3.63, 3.8) is 0 Å². The van der Waals surface area contributed by atoms with Crippen molar-refractivity contribution in [2.24, 2.45) is 0 Å². The van der Waals surface area contributed by atoms with E-state index in [1.54, 1.807) is 38.1 Å². The van der Waals surface area contributed by atoms with E-state index in [0.29, 0.717) is 5.56 Å². The Bertz CT molecular complexity index is 598. The summed E-state index contributed by atoms with van der Waals surface area (Å²) in [6.07, 6.45) is -0.418. The second-order valence-corrected chi connectivity index (χ2v) is 4.16. The fourth-order valence-corrected chi connectivity index (χ4v) is 1.75. The van der Waals surface area contributed by atoms with E-state index in [-0.39, 0.29) is 11.5 Å². The normalized spacial score (nSPS) is 12.1. The van der Waals surface area contributed by atoms with Crippen LogP contribution in [0.15, 0.2) is 41.2 Å². The Kier molecular flexibility index (Phi) is 3.32. The van der Waals surface area contributed by atoms with Crippen molar-refractivity contribution in [2.75, 3.05) is 0 Å². The quantitative estimate of drug-likeness (QED) is 0.859. The predicted molar refractivity (Wildman–Crippen MR) is 68.4 cm³/mol. The van der Waals surface area contributed by atoms with E-state index in [1.165, 1.54) is 10.7 Å². The third-order valence-corrected chi connectivity index (χ3v) is 2.64. The van der Waals surface area contributed by atoms with E-state index >= 15 is 0 Å². The molecule has 0 aliphatic carbocycles. The number of rotatable bonds is 3. The van der Waals surface area contributed by atoms with Crippen molar-refractivity contribution < 1.29 is 4.79 Å². The zero-order valence-corrected chi connectivity index (χ0v) is 10.3. The molecule has 5 nitrogen and oxygen atoms in total. The van der Waals surface area contributed by atoms with Gasteiger partial charge in [0.1, 0.15) is 6.17 Å². The molecule has 0 aliphatic rings. The number of carbonyl (C=O) groups is 1. The fourth-order valence-electron chi connectivity index (χ4n) is 1.75. The number of hydrogen-bond acceptors (Lipinski definition) is 2. The number of nitrogens with one attached hydrogen (secondary N) is 2. The number of aromatic nitrogens is 2. The SMILES string of the molecule is Cc1cc(=O)n(C(C)NC(=O)c2ccccc2)[nH]1. The van der Waals surface area contributed by atoms with E-state index in [2.05, 4.69) is 10.4 Å². The van der Waals surface area contributed by atoms with Gasteiger partial charge in [-0.3, -0.25) is 14.7 Å². The Labute approximate surface area is 104 Å². The van der Waals surface area contributed by atoms with Crippen LogP contribution in [0.2, 0.25) is 0 Å². The van der Waals surface area contributed by atoms with Crippen molar-refractivity contribution in [3.05, 3.63) is 58.0 Å². The third-order valence-electron chi connectivity index (χ3n) is 2.64. The highest BCUT2D eigenvalue weighted by Gasteiger charge is 2.12. The third kappa shape index (κ3) is 2.51. The molecule has 94 valence electrons. The predicted octanol–water partition coefficient (Wildman–Crippen LogP) is 1.43. The Morgan fingerprint density at radius 1 is 1.33 bits per heavy atom. The highest BCUT2D eigenvalue weighted by Crippen LogP contribution is 2.02. The summed E-state index contributed by atoms with van der Waals surface area (Å²) in [5.41, 5.74) is 1.18. The van der Waals surface area contributed by atoms with Crippen molar-refractivity contribution in [3.8, 4) is 0 Å². The summed E-state index contributed by atoms with van der Waals surface area (Å²) < 4.78 is 1.39. The number of aromatic amines is 1. The molecule has 0 aliphatic heterocycles. The largest absolute Gasteiger partial charge is 0.330 e. The van der Waals surface area contributed by atoms with Crippen molar-refractivity contribution >= 4 is 5.91 Å². The minimum atomic E-state index is -0.418. The van der Waals surface area contributed by atoms with Crippen LogP contribution in [0.25, 0.3) is 0 Å². The van der Waals surface area contributed by atoms with Crippen LogP contribution in [0.4, 0.5) is 0 Å². The molecular weight excluding hydrogens is 230 g/mol. The average molecular weight is 245 g/mol. The Hall–Kier alpha value is -2.30. The first-order valence-electron chi connectivity index (χ1n) is 5.72. The van der Waals surface area contributed by atoms with Crippen molar-refractivity contribution in [1.29, 1.82) is 0 Å². The monoisotopic (exact) mass is 245 g/mol. The molecule has 1 atom stereocenters. The topological polar surface area (TPSA) is 66.9 Å². The number of nitrogens with zero attached hydrogens (tertiary/aromatic N) is 1. The minimum Gasteiger partial charge on any atom is -0.330 e. The maximum absolute atomic E-state index is 11.9. The average Bonchev–Trinajstić information content (AvgIpc) is 2.69. The number of amides is 1. The molecule has 1 heterocycles. The van der Waals surface area contributed by atoms with Gasteiger partial charge in [-0.1, -0.05) is 18.2 Å². The summed E-state index contributed by atoms with van der Waals surface area (Å²) in [5, 5.41) is 5.65. The number of hydrogen-bond donors (Lipinski definition) is 2. The number of benzene rings is 1. The van der Waals surface area contributed by atoms with E-state index in [0.717, 1.165) is 5.69 Å². The summed E-state index contributed by atoms with van der Waals surface area (Å²) in [6.45, 7) is 3.54. The van der Waals surface area contributed by atoms with Gasteiger partial charge in [-0.25, -0.2) is 4.68 Å². The second kappa shape index (κ2) is 4.91. The minimum absolute atomic E-state index is 0.159. The zero-order valence-electron chi connectivity index (χ0n) is 10.3. The summed E-state index contributed by atoms with van der Waals surface area (Å²) in [4.78, 5) is 23.5.